The molecule has 116 valence electrons. The van der Waals surface area contributed by atoms with E-state index in [0.717, 1.165) is 5.56 Å². The number of H-pyrrole nitrogens is 1. The number of amides is 1. The van der Waals surface area contributed by atoms with Gasteiger partial charge in [-0.25, -0.2) is 0 Å². The van der Waals surface area contributed by atoms with Gasteiger partial charge in [-0.1, -0.05) is 30.3 Å². The Morgan fingerprint density at radius 3 is 2.50 bits per heavy atom. The van der Waals surface area contributed by atoms with E-state index in [-0.39, 0.29) is 5.69 Å². The van der Waals surface area contributed by atoms with Crippen LogP contribution in [0.5, 0.6) is 0 Å². The molecule has 1 aromatic heterocycles. The van der Waals surface area contributed by atoms with Crippen molar-refractivity contribution in [1.82, 2.24) is 15.5 Å². The number of benzene rings is 1. The summed E-state index contributed by atoms with van der Waals surface area (Å²) < 4.78 is 0.548. The summed E-state index contributed by atoms with van der Waals surface area (Å²) in [5.74, 6) is -2.04. The molecule has 0 radical (unpaired) electrons. The number of aromatic nitrogens is 2. The summed E-state index contributed by atoms with van der Waals surface area (Å²) in [7, 11) is 0. The average Bonchev–Trinajstić information content (AvgIpc) is 2.88. The molecule has 0 aliphatic rings. The molecular weight excluding hydrogens is 350 g/mol. The summed E-state index contributed by atoms with van der Waals surface area (Å²) in [4.78, 5) is 23.2. The molecule has 1 amide bonds. The third-order valence-electron chi connectivity index (χ3n) is 3.48. The van der Waals surface area contributed by atoms with Crippen molar-refractivity contribution in [2.24, 2.45) is 5.92 Å². The smallest absolute Gasteiger partial charge is 0.308 e. The second kappa shape index (κ2) is 6.74. The van der Waals surface area contributed by atoms with Crippen molar-refractivity contribution in [3.05, 3.63) is 40.5 Å². The Kier molecular flexibility index (Phi) is 4.97. The number of hydrogen-bond donors (Lipinski definition) is 3. The normalized spacial score (nSPS) is 13.4. The maximum atomic E-state index is 12.2. The van der Waals surface area contributed by atoms with Gasteiger partial charge in [0.2, 0.25) is 0 Å². The first-order valence-corrected chi connectivity index (χ1v) is 7.54. The zero-order valence-corrected chi connectivity index (χ0v) is 13.7. The Morgan fingerprint density at radius 1 is 1.27 bits per heavy atom. The van der Waals surface area contributed by atoms with Crippen LogP contribution in [0.25, 0.3) is 11.3 Å². The number of halogens is 1. The molecule has 2 atom stereocenters. The monoisotopic (exact) mass is 365 g/mol. The number of aliphatic carboxylic acids is 1. The number of carboxylic acids is 1. The van der Waals surface area contributed by atoms with Crippen LogP contribution in [-0.4, -0.2) is 33.2 Å². The minimum absolute atomic E-state index is 0.267. The maximum Gasteiger partial charge on any atom is 0.308 e. The summed E-state index contributed by atoms with van der Waals surface area (Å²) >= 11 is 3.37. The first kappa shape index (κ1) is 16.2. The first-order valence-electron chi connectivity index (χ1n) is 6.74. The highest BCUT2D eigenvalue weighted by Crippen LogP contribution is 2.28. The summed E-state index contributed by atoms with van der Waals surface area (Å²) in [5, 5.41) is 18.5. The standard InChI is InChI=1S/C15H16BrN3O3/c1-8(15(21)22)9(2)17-14(20)13-11(16)12(18-19-13)10-6-4-3-5-7-10/h3-9H,1-2H3,(H,17,20)(H,18,19)(H,21,22). The molecule has 0 aliphatic carbocycles. The molecule has 2 unspecified atom stereocenters. The van der Waals surface area contributed by atoms with E-state index >= 15 is 0 Å². The van der Waals surface area contributed by atoms with Crippen molar-refractivity contribution in [2.45, 2.75) is 19.9 Å². The van der Waals surface area contributed by atoms with Gasteiger partial charge in [0.15, 0.2) is 0 Å². The predicted octanol–water partition coefficient (Wildman–Crippen LogP) is 2.68. The van der Waals surface area contributed by atoms with Gasteiger partial charge < -0.3 is 10.4 Å². The van der Waals surface area contributed by atoms with E-state index in [1.165, 1.54) is 0 Å². The van der Waals surface area contributed by atoms with Gasteiger partial charge in [-0.05, 0) is 29.8 Å². The van der Waals surface area contributed by atoms with Crippen LogP contribution in [0.15, 0.2) is 34.8 Å². The van der Waals surface area contributed by atoms with Gasteiger partial charge in [0.25, 0.3) is 5.91 Å². The Bertz CT molecular complexity index is 685. The molecule has 2 aromatic rings. The first-order chi connectivity index (χ1) is 10.4. The van der Waals surface area contributed by atoms with E-state index in [1.54, 1.807) is 13.8 Å². The number of nitrogens with zero attached hydrogens (tertiary/aromatic N) is 1. The van der Waals surface area contributed by atoms with Crippen molar-refractivity contribution in [2.75, 3.05) is 0 Å². The minimum atomic E-state index is -0.957. The maximum absolute atomic E-state index is 12.2. The van der Waals surface area contributed by atoms with E-state index in [4.69, 9.17) is 5.11 Å². The van der Waals surface area contributed by atoms with Crippen molar-refractivity contribution in [3.63, 3.8) is 0 Å². The van der Waals surface area contributed by atoms with Crippen LogP contribution in [-0.2, 0) is 4.79 Å². The summed E-state index contributed by atoms with van der Waals surface area (Å²) in [6.07, 6.45) is 0. The Labute approximate surface area is 136 Å². The predicted molar refractivity (Wildman–Crippen MR) is 85.5 cm³/mol. The third-order valence-corrected chi connectivity index (χ3v) is 4.25. The highest BCUT2D eigenvalue weighted by molar-refractivity contribution is 9.10. The molecule has 0 saturated heterocycles. The number of nitrogens with one attached hydrogen (secondary N) is 2. The number of carbonyl (C=O) groups excluding carboxylic acids is 1. The van der Waals surface area contributed by atoms with Crippen LogP contribution < -0.4 is 5.32 Å². The lowest BCUT2D eigenvalue weighted by Crippen LogP contribution is -2.40. The van der Waals surface area contributed by atoms with Gasteiger partial charge in [0.1, 0.15) is 11.4 Å². The fourth-order valence-corrected chi connectivity index (χ4v) is 2.47. The van der Waals surface area contributed by atoms with Crippen LogP contribution in [0, 0.1) is 5.92 Å². The number of carboxylic acid groups (broad SMARTS) is 1. The fraction of sp³-hybridized carbons (Fsp3) is 0.267. The second-order valence-corrected chi connectivity index (χ2v) is 5.81. The molecule has 3 N–H and O–H groups in total. The van der Waals surface area contributed by atoms with Crippen LogP contribution in [0.2, 0.25) is 0 Å². The molecule has 0 bridgehead atoms. The SMILES string of the molecule is CC(NC(=O)c1[nH]nc(-c2ccccc2)c1Br)C(C)C(=O)O. The van der Waals surface area contributed by atoms with Gasteiger partial charge in [-0.2, -0.15) is 5.10 Å². The highest BCUT2D eigenvalue weighted by atomic mass is 79.9. The van der Waals surface area contributed by atoms with Crippen molar-refractivity contribution in [3.8, 4) is 11.3 Å². The molecule has 0 saturated carbocycles. The average molecular weight is 366 g/mol. The van der Waals surface area contributed by atoms with E-state index < -0.39 is 23.8 Å². The lowest BCUT2D eigenvalue weighted by atomic mass is 10.0. The van der Waals surface area contributed by atoms with Crippen molar-refractivity contribution < 1.29 is 14.7 Å². The Morgan fingerprint density at radius 2 is 1.91 bits per heavy atom. The summed E-state index contributed by atoms with van der Waals surface area (Å²) in [6.45, 7) is 3.20. The van der Waals surface area contributed by atoms with E-state index in [2.05, 4.69) is 31.4 Å². The van der Waals surface area contributed by atoms with Gasteiger partial charge in [0, 0.05) is 11.6 Å². The highest BCUT2D eigenvalue weighted by Gasteiger charge is 2.24. The summed E-state index contributed by atoms with van der Waals surface area (Å²) in [5.41, 5.74) is 1.77. The fourth-order valence-electron chi connectivity index (χ4n) is 1.88. The topological polar surface area (TPSA) is 95.1 Å². The van der Waals surface area contributed by atoms with Crippen LogP contribution >= 0.6 is 15.9 Å². The molecule has 0 aliphatic heterocycles. The van der Waals surface area contributed by atoms with Gasteiger partial charge in [0.05, 0.1) is 10.4 Å². The number of carbonyl (C=O) groups is 2. The molecule has 6 nitrogen and oxygen atoms in total. The number of hydrogen-bond acceptors (Lipinski definition) is 3. The lowest BCUT2D eigenvalue weighted by molar-refractivity contribution is -0.141. The van der Waals surface area contributed by atoms with E-state index in [9.17, 15) is 9.59 Å². The molecule has 2 rings (SSSR count). The molecule has 1 aromatic carbocycles. The van der Waals surface area contributed by atoms with E-state index in [1.807, 2.05) is 30.3 Å². The zero-order chi connectivity index (χ0) is 16.3. The molecule has 22 heavy (non-hydrogen) atoms. The molecule has 0 fully saturated rings. The minimum Gasteiger partial charge on any atom is -0.481 e. The van der Waals surface area contributed by atoms with Crippen LogP contribution in [0.3, 0.4) is 0 Å². The van der Waals surface area contributed by atoms with Crippen molar-refractivity contribution >= 4 is 27.8 Å². The quantitative estimate of drug-likeness (QED) is 0.758. The molecule has 7 heteroatoms. The lowest BCUT2D eigenvalue weighted by Gasteiger charge is -2.17. The molecule has 0 spiro atoms. The number of aromatic amines is 1. The number of rotatable bonds is 5. The van der Waals surface area contributed by atoms with Crippen LogP contribution in [0.1, 0.15) is 24.3 Å². The molecule has 1 heterocycles. The van der Waals surface area contributed by atoms with Gasteiger partial charge >= 0.3 is 5.97 Å². The third kappa shape index (κ3) is 3.36. The van der Waals surface area contributed by atoms with Gasteiger partial charge in [-0.3, -0.25) is 14.7 Å². The van der Waals surface area contributed by atoms with Gasteiger partial charge in [-0.15, -0.1) is 0 Å². The summed E-state index contributed by atoms with van der Waals surface area (Å²) in [6, 6.07) is 8.93. The van der Waals surface area contributed by atoms with Crippen molar-refractivity contribution in [1.29, 1.82) is 0 Å². The Balaban J connectivity index is 2.19. The van der Waals surface area contributed by atoms with Crippen LogP contribution in [0.4, 0.5) is 0 Å². The zero-order valence-electron chi connectivity index (χ0n) is 12.1. The Hall–Kier alpha value is -2.15. The second-order valence-electron chi connectivity index (χ2n) is 5.02. The largest absolute Gasteiger partial charge is 0.481 e. The van der Waals surface area contributed by atoms with E-state index in [0.29, 0.717) is 10.2 Å². The molecular formula is C15H16BrN3O3.